The van der Waals surface area contributed by atoms with Crippen LogP contribution in [0.25, 0.3) is 0 Å². The minimum atomic E-state index is -3.02. The second kappa shape index (κ2) is 4.76. The first kappa shape index (κ1) is 12.9. The van der Waals surface area contributed by atoms with Crippen molar-refractivity contribution in [3.05, 3.63) is 0 Å². The van der Waals surface area contributed by atoms with Crippen LogP contribution in [0.15, 0.2) is 0 Å². The smallest absolute Gasteiger partial charge is 0.214 e. The lowest BCUT2D eigenvalue weighted by molar-refractivity contribution is 0.165. The average Bonchev–Trinajstić information content (AvgIpc) is 3.13. The maximum Gasteiger partial charge on any atom is 0.214 e. The first-order valence-corrected chi connectivity index (χ1v) is 8.91. The van der Waals surface area contributed by atoms with Crippen molar-refractivity contribution in [1.82, 2.24) is 10.0 Å². The van der Waals surface area contributed by atoms with Gasteiger partial charge in [-0.15, -0.1) is 0 Å². The van der Waals surface area contributed by atoms with Crippen molar-refractivity contribution in [2.75, 3.05) is 6.54 Å². The Hall–Kier alpha value is -0.130. The lowest BCUT2D eigenvalue weighted by Gasteiger charge is -2.44. The molecule has 4 nitrogen and oxygen atoms in total. The summed E-state index contributed by atoms with van der Waals surface area (Å²) in [6, 6.07) is 0.162. The summed E-state index contributed by atoms with van der Waals surface area (Å²) in [6.45, 7) is 0.956. The van der Waals surface area contributed by atoms with Gasteiger partial charge in [0.05, 0.1) is 5.25 Å². The van der Waals surface area contributed by atoms with Crippen LogP contribution in [0.2, 0.25) is 0 Å². The summed E-state index contributed by atoms with van der Waals surface area (Å²) in [5.41, 5.74) is 0.229. The number of rotatable bonds is 3. The quantitative estimate of drug-likeness (QED) is 0.819. The molecule has 3 rings (SSSR count). The number of nitrogens with one attached hydrogen (secondary N) is 2. The van der Waals surface area contributed by atoms with E-state index in [1.165, 1.54) is 32.1 Å². The number of sulfonamides is 1. The average molecular weight is 272 g/mol. The molecule has 2 N–H and O–H groups in total. The minimum absolute atomic E-state index is 0.0882. The summed E-state index contributed by atoms with van der Waals surface area (Å²) in [5, 5.41) is 3.57. The van der Waals surface area contributed by atoms with Crippen molar-refractivity contribution in [1.29, 1.82) is 0 Å². The van der Waals surface area contributed by atoms with Crippen LogP contribution in [0, 0.1) is 0 Å². The highest BCUT2D eigenvalue weighted by atomic mass is 32.2. The molecule has 104 valence electrons. The van der Waals surface area contributed by atoms with Crippen LogP contribution in [-0.4, -0.2) is 31.8 Å². The predicted molar refractivity (Wildman–Crippen MR) is 71.9 cm³/mol. The Morgan fingerprint density at radius 3 is 2.44 bits per heavy atom. The van der Waals surface area contributed by atoms with E-state index in [1.54, 1.807) is 0 Å². The van der Waals surface area contributed by atoms with Crippen molar-refractivity contribution in [2.45, 2.75) is 74.6 Å². The van der Waals surface area contributed by atoms with Gasteiger partial charge in [0.25, 0.3) is 0 Å². The molecule has 18 heavy (non-hydrogen) atoms. The molecule has 2 aliphatic carbocycles. The molecule has 0 amide bonds. The molecule has 0 aromatic heterocycles. The van der Waals surface area contributed by atoms with Crippen molar-refractivity contribution >= 4 is 10.0 Å². The van der Waals surface area contributed by atoms with Gasteiger partial charge >= 0.3 is 0 Å². The van der Waals surface area contributed by atoms with E-state index < -0.39 is 10.0 Å². The number of hydrogen-bond acceptors (Lipinski definition) is 3. The number of hydrogen-bond donors (Lipinski definition) is 2. The Kier molecular flexibility index (Phi) is 3.41. The molecule has 0 radical (unpaired) electrons. The highest BCUT2D eigenvalue weighted by Crippen LogP contribution is 2.35. The van der Waals surface area contributed by atoms with E-state index in [0.717, 1.165) is 32.2 Å². The van der Waals surface area contributed by atoms with Crippen LogP contribution in [0.5, 0.6) is 0 Å². The summed E-state index contributed by atoms with van der Waals surface area (Å²) in [5.74, 6) is 0. The van der Waals surface area contributed by atoms with E-state index in [2.05, 4.69) is 10.0 Å². The van der Waals surface area contributed by atoms with Gasteiger partial charge in [-0.3, -0.25) is 0 Å². The maximum absolute atomic E-state index is 12.0. The van der Waals surface area contributed by atoms with Gasteiger partial charge < -0.3 is 5.32 Å². The van der Waals surface area contributed by atoms with Gasteiger partial charge in [-0.2, -0.15) is 0 Å². The Labute approximate surface area is 110 Å². The molecule has 1 unspecified atom stereocenters. The van der Waals surface area contributed by atoms with Crippen LogP contribution in [-0.2, 0) is 10.0 Å². The molecule has 5 heteroatoms. The first-order chi connectivity index (χ1) is 8.60. The summed E-state index contributed by atoms with van der Waals surface area (Å²) in [6.07, 6.45) is 9.97. The summed E-state index contributed by atoms with van der Waals surface area (Å²) in [4.78, 5) is 0. The molecule has 0 aromatic rings. The molecule has 3 fully saturated rings. The van der Waals surface area contributed by atoms with Crippen LogP contribution < -0.4 is 10.0 Å². The molecule has 2 saturated carbocycles. The summed E-state index contributed by atoms with van der Waals surface area (Å²) >= 11 is 0. The van der Waals surface area contributed by atoms with Gasteiger partial charge in [0, 0.05) is 11.6 Å². The fourth-order valence-corrected chi connectivity index (χ4v) is 5.19. The zero-order valence-electron chi connectivity index (χ0n) is 11.0. The molecule has 1 aliphatic heterocycles. The molecule has 0 bridgehead atoms. The molecule has 3 aliphatic rings. The van der Waals surface area contributed by atoms with Crippen molar-refractivity contribution in [3.8, 4) is 0 Å². The standard InChI is InChI=1S/C13H24N2O2S/c16-18(17,12-4-5-12)15-11-6-9-14-13(10-11)7-2-1-3-8-13/h11-12,14-15H,1-10H2. The van der Waals surface area contributed by atoms with E-state index in [1.807, 2.05) is 0 Å². The van der Waals surface area contributed by atoms with Crippen molar-refractivity contribution in [3.63, 3.8) is 0 Å². The predicted octanol–water partition coefficient (Wildman–Crippen LogP) is 1.52. The summed E-state index contributed by atoms with van der Waals surface area (Å²) < 4.78 is 27.0. The zero-order chi connectivity index (χ0) is 12.6. The second-order valence-electron chi connectivity index (χ2n) is 6.32. The third-order valence-corrected chi connectivity index (χ3v) is 6.75. The van der Waals surface area contributed by atoms with Crippen LogP contribution >= 0.6 is 0 Å². The molecule has 1 atom stereocenters. The monoisotopic (exact) mass is 272 g/mol. The maximum atomic E-state index is 12.0. The van der Waals surface area contributed by atoms with Crippen LogP contribution in [0.4, 0.5) is 0 Å². The molecule has 1 heterocycles. The lowest BCUT2D eigenvalue weighted by Crippen LogP contribution is -2.57. The Balaban J connectivity index is 1.63. The fourth-order valence-electron chi connectivity index (χ4n) is 3.57. The Morgan fingerprint density at radius 1 is 1.06 bits per heavy atom. The lowest BCUT2D eigenvalue weighted by atomic mass is 9.75. The van der Waals surface area contributed by atoms with Gasteiger partial charge in [-0.25, -0.2) is 13.1 Å². The Bertz CT molecular complexity index is 392. The molecular weight excluding hydrogens is 248 g/mol. The van der Waals surface area contributed by atoms with Gasteiger partial charge in [0.1, 0.15) is 0 Å². The normalized spacial score (nSPS) is 32.6. The van der Waals surface area contributed by atoms with Crippen molar-refractivity contribution in [2.24, 2.45) is 0 Å². The summed E-state index contributed by atoms with van der Waals surface area (Å²) in [7, 11) is -3.02. The van der Waals surface area contributed by atoms with E-state index in [-0.39, 0.29) is 16.8 Å². The SMILES string of the molecule is O=S(=O)(NC1CCNC2(CCCCC2)C1)C1CC1. The van der Waals surface area contributed by atoms with E-state index in [9.17, 15) is 8.42 Å². The van der Waals surface area contributed by atoms with Gasteiger partial charge in [-0.1, -0.05) is 19.3 Å². The number of piperidine rings is 1. The van der Waals surface area contributed by atoms with Crippen LogP contribution in [0.3, 0.4) is 0 Å². The highest BCUT2D eigenvalue weighted by molar-refractivity contribution is 7.90. The van der Waals surface area contributed by atoms with Crippen LogP contribution in [0.1, 0.15) is 57.8 Å². The largest absolute Gasteiger partial charge is 0.311 e. The molecule has 0 aromatic carbocycles. The molecule has 1 spiro atoms. The van der Waals surface area contributed by atoms with E-state index in [4.69, 9.17) is 0 Å². The zero-order valence-corrected chi connectivity index (χ0v) is 11.8. The minimum Gasteiger partial charge on any atom is -0.311 e. The molecule has 1 saturated heterocycles. The van der Waals surface area contributed by atoms with Crippen molar-refractivity contribution < 1.29 is 8.42 Å². The second-order valence-corrected chi connectivity index (χ2v) is 8.31. The fraction of sp³-hybridized carbons (Fsp3) is 1.00. The molecular formula is C13H24N2O2S. The third-order valence-electron chi connectivity index (χ3n) is 4.73. The van der Waals surface area contributed by atoms with E-state index >= 15 is 0 Å². The highest BCUT2D eigenvalue weighted by Gasteiger charge is 2.41. The third kappa shape index (κ3) is 2.73. The van der Waals surface area contributed by atoms with Gasteiger partial charge in [0.2, 0.25) is 10.0 Å². The first-order valence-electron chi connectivity index (χ1n) is 7.36. The van der Waals surface area contributed by atoms with Gasteiger partial charge in [-0.05, 0) is 45.1 Å². The topological polar surface area (TPSA) is 58.2 Å². The van der Waals surface area contributed by atoms with Gasteiger partial charge in [0.15, 0.2) is 0 Å². The van der Waals surface area contributed by atoms with E-state index in [0.29, 0.717) is 0 Å². The Morgan fingerprint density at radius 2 is 1.78 bits per heavy atom.